The predicted octanol–water partition coefficient (Wildman–Crippen LogP) is 2.64. The van der Waals surface area contributed by atoms with E-state index in [1.54, 1.807) is 13.1 Å². The summed E-state index contributed by atoms with van der Waals surface area (Å²) in [5.74, 6) is -0.261. The van der Waals surface area contributed by atoms with Gasteiger partial charge in [-0.15, -0.1) is 0 Å². The molecule has 1 aromatic heterocycles. The molecule has 0 bridgehead atoms. The van der Waals surface area contributed by atoms with E-state index >= 15 is 0 Å². The molecular formula is C12H10ClN3O3. The Hall–Kier alpha value is -2.21. The Labute approximate surface area is 113 Å². The molecule has 0 unspecified atom stereocenters. The number of aromatic nitrogens is 2. The molecule has 0 fully saturated rings. The van der Waals surface area contributed by atoms with Gasteiger partial charge in [-0.3, -0.25) is 19.6 Å². The van der Waals surface area contributed by atoms with Crippen LogP contribution in [0.4, 0.5) is 5.69 Å². The molecule has 2 rings (SSSR count). The summed E-state index contributed by atoms with van der Waals surface area (Å²) in [6.45, 7) is 1.73. The standard InChI is InChI=1S/C12H10ClN3O3/c1-8-11(13)6-15(14-8)7-12(17)9-3-2-4-10(5-9)16(18)19/h2-6H,7H2,1H3. The van der Waals surface area contributed by atoms with Gasteiger partial charge in [0.05, 0.1) is 15.6 Å². The van der Waals surface area contributed by atoms with Crippen LogP contribution in [0.3, 0.4) is 0 Å². The van der Waals surface area contributed by atoms with Crippen LogP contribution in [0, 0.1) is 17.0 Å². The maximum atomic E-state index is 12.0. The van der Waals surface area contributed by atoms with Crippen LogP contribution in [0.1, 0.15) is 16.1 Å². The Kier molecular flexibility index (Phi) is 3.62. The summed E-state index contributed by atoms with van der Waals surface area (Å²) in [4.78, 5) is 22.1. The van der Waals surface area contributed by atoms with Crippen molar-refractivity contribution in [2.24, 2.45) is 0 Å². The summed E-state index contributed by atoms with van der Waals surface area (Å²) in [5, 5.41) is 15.2. The third-order valence-corrected chi connectivity index (χ3v) is 2.94. The molecule has 0 spiro atoms. The summed E-state index contributed by atoms with van der Waals surface area (Å²) < 4.78 is 1.42. The minimum absolute atomic E-state index is 0.00523. The molecule has 7 heteroatoms. The van der Waals surface area contributed by atoms with Crippen molar-refractivity contribution in [2.75, 3.05) is 0 Å². The maximum Gasteiger partial charge on any atom is 0.270 e. The van der Waals surface area contributed by atoms with Crippen molar-refractivity contribution >= 4 is 23.1 Å². The minimum Gasteiger partial charge on any atom is -0.292 e. The molecule has 1 aromatic carbocycles. The smallest absolute Gasteiger partial charge is 0.270 e. The number of ketones is 1. The lowest BCUT2D eigenvalue weighted by atomic mass is 10.1. The first-order valence-electron chi connectivity index (χ1n) is 5.44. The quantitative estimate of drug-likeness (QED) is 0.490. The van der Waals surface area contributed by atoms with E-state index in [1.807, 2.05) is 0 Å². The second kappa shape index (κ2) is 5.19. The van der Waals surface area contributed by atoms with E-state index in [9.17, 15) is 14.9 Å². The molecule has 98 valence electrons. The van der Waals surface area contributed by atoms with Crippen molar-refractivity contribution in [3.05, 3.63) is 56.9 Å². The van der Waals surface area contributed by atoms with Crippen molar-refractivity contribution in [1.82, 2.24) is 9.78 Å². The molecular weight excluding hydrogens is 270 g/mol. The molecule has 0 aliphatic rings. The van der Waals surface area contributed by atoms with Gasteiger partial charge in [-0.25, -0.2) is 0 Å². The average Bonchev–Trinajstić information content (AvgIpc) is 2.68. The normalized spacial score (nSPS) is 10.4. The third-order valence-electron chi connectivity index (χ3n) is 2.57. The Morgan fingerprint density at radius 1 is 1.53 bits per heavy atom. The lowest BCUT2D eigenvalue weighted by Gasteiger charge is -2.01. The molecule has 0 radical (unpaired) electrons. The van der Waals surface area contributed by atoms with Gasteiger partial charge in [-0.2, -0.15) is 5.10 Å². The van der Waals surface area contributed by atoms with E-state index in [-0.39, 0.29) is 23.6 Å². The van der Waals surface area contributed by atoms with E-state index in [0.717, 1.165) is 0 Å². The zero-order chi connectivity index (χ0) is 14.0. The second-order valence-electron chi connectivity index (χ2n) is 3.99. The predicted molar refractivity (Wildman–Crippen MR) is 69.4 cm³/mol. The summed E-state index contributed by atoms with van der Waals surface area (Å²) in [6, 6.07) is 5.60. The number of non-ortho nitro benzene ring substituents is 1. The van der Waals surface area contributed by atoms with E-state index < -0.39 is 4.92 Å². The van der Waals surface area contributed by atoms with E-state index in [1.165, 1.54) is 28.9 Å². The van der Waals surface area contributed by atoms with Crippen LogP contribution in [0.2, 0.25) is 5.02 Å². The van der Waals surface area contributed by atoms with E-state index in [2.05, 4.69) is 5.10 Å². The number of carbonyl (C=O) groups excluding carboxylic acids is 1. The minimum atomic E-state index is -0.536. The van der Waals surface area contributed by atoms with E-state index in [4.69, 9.17) is 11.6 Å². The first-order chi connectivity index (χ1) is 8.97. The molecule has 0 N–H and O–H groups in total. The molecule has 2 aromatic rings. The van der Waals surface area contributed by atoms with Gasteiger partial charge < -0.3 is 0 Å². The fourth-order valence-corrected chi connectivity index (χ4v) is 1.76. The fourth-order valence-electron chi connectivity index (χ4n) is 1.61. The summed E-state index contributed by atoms with van der Waals surface area (Å²) in [5.41, 5.74) is 0.799. The summed E-state index contributed by atoms with van der Waals surface area (Å²) >= 11 is 5.84. The molecule has 19 heavy (non-hydrogen) atoms. The van der Waals surface area contributed by atoms with Crippen molar-refractivity contribution in [2.45, 2.75) is 13.5 Å². The number of rotatable bonds is 4. The number of benzene rings is 1. The first-order valence-corrected chi connectivity index (χ1v) is 5.82. The Bertz CT molecular complexity index is 632. The number of nitro groups is 1. The Balaban J connectivity index is 2.20. The van der Waals surface area contributed by atoms with Crippen LogP contribution in [0.25, 0.3) is 0 Å². The van der Waals surface area contributed by atoms with Crippen LogP contribution in [-0.2, 0) is 6.54 Å². The average molecular weight is 280 g/mol. The third kappa shape index (κ3) is 2.97. The maximum absolute atomic E-state index is 12.0. The second-order valence-corrected chi connectivity index (χ2v) is 4.40. The highest BCUT2D eigenvalue weighted by Crippen LogP contribution is 2.15. The van der Waals surface area contributed by atoms with Crippen LogP contribution in [-0.4, -0.2) is 20.5 Å². The molecule has 0 amide bonds. The number of carbonyl (C=O) groups is 1. The molecule has 6 nitrogen and oxygen atoms in total. The SMILES string of the molecule is Cc1nn(CC(=O)c2cccc([N+](=O)[O-])c2)cc1Cl. The van der Waals surface area contributed by atoms with E-state index in [0.29, 0.717) is 10.7 Å². The van der Waals surface area contributed by atoms with Crippen LogP contribution in [0.15, 0.2) is 30.5 Å². The summed E-state index contributed by atoms with van der Waals surface area (Å²) in [6.07, 6.45) is 1.55. The topological polar surface area (TPSA) is 78.0 Å². The molecule has 0 saturated heterocycles. The number of Topliss-reactive ketones (excluding diaryl/α,β-unsaturated/α-hetero) is 1. The van der Waals surface area contributed by atoms with Crippen molar-refractivity contribution in [3.63, 3.8) is 0 Å². The highest BCUT2D eigenvalue weighted by Gasteiger charge is 2.13. The van der Waals surface area contributed by atoms with Gasteiger partial charge in [0.15, 0.2) is 5.78 Å². The fraction of sp³-hybridized carbons (Fsp3) is 0.167. The van der Waals surface area contributed by atoms with Gasteiger partial charge in [-0.1, -0.05) is 23.7 Å². The zero-order valence-electron chi connectivity index (χ0n) is 10.0. The molecule has 1 heterocycles. The summed E-state index contributed by atoms with van der Waals surface area (Å²) in [7, 11) is 0. The lowest BCUT2D eigenvalue weighted by molar-refractivity contribution is -0.384. The molecule has 0 aliphatic heterocycles. The number of nitro benzene ring substituents is 1. The molecule has 0 saturated carbocycles. The van der Waals surface area contributed by atoms with Crippen molar-refractivity contribution in [1.29, 1.82) is 0 Å². The lowest BCUT2D eigenvalue weighted by Crippen LogP contribution is -2.11. The van der Waals surface area contributed by atoms with Crippen molar-refractivity contribution < 1.29 is 9.72 Å². The number of hydrogen-bond acceptors (Lipinski definition) is 4. The number of hydrogen-bond donors (Lipinski definition) is 0. The van der Waals surface area contributed by atoms with Crippen molar-refractivity contribution in [3.8, 4) is 0 Å². The Morgan fingerprint density at radius 2 is 2.26 bits per heavy atom. The number of halogens is 1. The van der Waals surface area contributed by atoms with Gasteiger partial charge in [-0.05, 0) is 6.92 Å². The Morgan fingerprint density at radius 3 is 2.84 bits per heavy atom. The zero-order valence-corrected chi connectivity index (χ0v) is 10.8. The first kappa shape index (κ1) is 13.2. The van der Waals surface area contributed by atoms with Gasteiger partial charge >= 0.3 is 0 Å². The van der Waals surface area contributed by atoms with Gasteiger partial charge in [0.1, 0.15) is 6.54 Å². The number of nitrogens with zero attached hydrogens (tertiary/aromatic N) is 3. The van der Waals surface area contributed by atoms with Gasteiger partial charge in [0, 0.05) is 23.9 Å². The largest absolute Gasteiger partial charge is 0.292 e. The highest BCUT2D eigenvalue weighted by atomic mass is 35.5. The van der Waals surface area contributed by atoms with Crippen LogP contribution in [0.5, 0.6) is 0 Å². The molecule has 0 atom stereocenters. The van der Waals surface area contributed by atoms with Crippen LogP contribution < -0.4 is 0 Å². The monoisotopic (exact) mass is 279 g/mol. The van der Waals surface area contributed by atoms with Crippen LogP contribution >= 0.6 is 11.6 Å². The number of aryl methyl sites for hydroxylation is 1. The van der Waals surface area contributed by atoms with Gasteiger partial charge in [0.2, 0.25) is 0 Å². The van der Waals surface area contributed by atoms with Gasteiger partial charge in [0.25, 0.3) is 5.69 Å². The highest BCUT2D eigenvalue weighted by molar-refractivity contribution is 6.31. The molecule has 0 aliphatic carbocycles.